The molecule has 1 aromatic heterocycles. The number of likely N-dealkylation sites (N-methyl/N-ethyl adjacent to an activating group) is 1. The maximum absolute atomic E-state index is 13.4. The van der Waals surface area contributed by atoms with Gasteiger partial charge in [0.05, 0.1) is 11.1 Å². The lowest BCUT2D eigenvalue weighted by Crippen LogP contribution is -2.52. The van der Waals surface area contributed by atoms with Crippen molar-refractivity contribution in [2.75, 3.05) is 26.7 Å². The third-order valence-electron chi connectivity index (χ3n) is 4.22. The summed E-state index contributed by atoms with van der Waals surface area (Å²) in [5.74, 6) is -0.334. The lowest BCUT2D eigenvalue weighted by molar-refractivity contribution is 0.0535. The first-order valence-corrected chi connectivity index (χ1v) is 7.52. The van der Waals surface area contributed by atoms with Gasteiger partial charge in [-0.15, -0.1) is 0 Å². The number of rotatable bonds is 1. The first-order chi connectivity index (χ1) is 10.5. The van der Waals surface area contributed by atoms with E-state index in [-0.39, 0.29) is 17.8 Å². The summed E-state index contributed by atoms with van der Waals surface area (Å²) >= 11 is 0. The van der Waals surface area contributed by atoms with E-state index in [1.807, 2.05) is 11.8 Å². The second-order valence-electron chi connectivity index (χ2n) is 6.08. The number of aryl methyl sites for hydroxylation is 1. The molecule has 4 nitrogen and oxygen atoms in total. The van der Waals surface area contributed by atoms with Crippen LogP contribution < -0.4 is 0 Å². The minimum absolute atomic E-state index is 0.00251. The molecule has 0 bridgehead atoms. The molecule has 1 fully saturated rings. The van der Waals surface area contributed by atoms with Gasteiger partial charge in [0.1, 0.15) is 5.82 Å². The van der Waals surface area contributed by atoms with Gasteiger partial charge in [-0.2, -0.15) is 0 Å². The Morgan fingerprint density at radius 1 is 1.32 bits per heavy atom. The third kappa shape index (κ3) is 2.68. The standard InChI is InChI=1S/C17H20FN3O/c1-11-8-15(14-5-4-13(18)9-16(14)19-11)17(22)21-7-6-20(3)10-12(21)2/h4-5,8-9,12H,6-7,10H2,1-3H3/t12-/m0/s1. The Kier molecular flexibility index (Phi) is 3.83. The average Bonchev–Trinajstić information content (AvgIpc) is 2.45. The van der Waals surface area contributed by atoms with Crippen molar-refractivity contribution in [1.82, 2.24) is 14.8 Å². The molecule has 5 heteroatoms. The highest BCUT2D eigenvalue weighted by Crippen LogP contribution is 2.22. The SMILES string of the molecule is Cc1cc(C(=O)N2CCN(C)C[C@@H]2C)c2ccc(F)cc2n1. The van der Waals surface area contributed by atoms with Crippen molar-refractivity contribution in [2.24, 2.45) is 0 Å². The van der Waals surface area contributed by atoms with Gasteiger partial charge in [0.15, 0.2) is 0 Å². The highest BCUT2D eigenvalue weighted by atomic mass is 19.1. The number of pyridine rings is 1. The Balaban J connectivity index is 2.04. The number of carbonyl (C=O) groups excluding carboxylic acids is 1. The topological polar surface area (TPSA) is 36.4 Å². The molecule has 22 heavy (non-hydrogen) atoms. The number of nitrogens with zero attached hydrogens (tertiary/aromatic N) is 3. The van der Waals surface area contributed by atoms with Crippen LogP contribution in [0, 0.1) is 12.7 Å². The largest absolute Gasteiger partial charge is 0.333 e. The Hall–Kier alpha value is -2.01. The molecule has 116 valence electrons. The molecule has 0 aliphatic carbocycles. The van der Waals surface area contributed by atoms with Crippen LogP contribution in [0.15, 0.2) is 24.3 Å². The Bertz CT molecular complexity index is 726. The van der Waals surface area contributed by atoms with Crippen LogP contribution in [-0.4, -0.2) is 53.4 Å². The van der Waals surface area contributed by atoms with Crippen LogP contribution in [0.25, 0.3) is 10.9 Å². The Morgan fingerprint density at radius 2 is 2.09 bits per heavy atom. The van der Waals surface area contributed by atoms with Crippen molar-refractivity contribution >= 4 is 16.8 Å². The number of hydrogen-bond acceptors (Lipinski definition) is 3. The highest BCUT2D eigenvalue weighted by Gasteiger charge is 2.27. The fraction of sp³-hybridized carbons (Fsp3) is 0.412. The molecule has 0 radical (unpaired) electrons. The van der Waals surface area contributed by atoms with Crippen LogP contribution in [0.2, 0.25) is 0 Å². The van der Waals surface area contributed by atoms with Crippen molar-refractivity contribution in [3.8, 4) is 0 Å². The number of benzene rings is 1. The number of amides is 1. The van der Waals surface area contributed by atoms with Crippen molar-refractivity contribution in [3.63, 3.8) is 0 Å². The lowest BCUT2D eigenvalue weighted by atomic mass is 10.0. The quantitative estimate of drug-likeness (QED) is 0.812. The van der Waals surface area contributed by atoms with Crippen molar-refractivity contribution < 1.29 is 9.18 Å². The first-order valence-electron chi connectivity index (χ1n) is 7.52. The van der Waals surface area contributed by atoms with E-state index < -0.39 is 0 Å². The monoisotopic (exact) mass is 301 g/mol. The third-order valence-corrected chi connectivity index (χ3v) is 4.22. The average molecular weight is 301 g/mol. The Morgan fingerprint density at radius 3 is 2.82 bits per heavy atom. The van der Waals surface area contributed by atoms with Crippen LogP contribution in [0.4, 0.5) is 4.39 Å². The van der Waals surface area contributed by atoms with E-state index >= 15 is 0 Å². The fourth-order valence-electron chi connectivity index (χ4n) is 3.11. The molecule has 1 saturated heterocycles. The van der Waals surface area contributed by atoms with Gasteiger partial charge in [-0.3, -0.25) is 9.78 Å². The van der Waals surface area contributed by atoms with E-state index in [9.17, 15) is 9.18 Å². The van der Waals surface area contributed by atoms with Crippen LogP contribution in [0.1, 0.15) is 23.0 Å². The number of halogens is 1. The predicted octanol–water partition coefficient (Wildman–Crippen LogP) is 2.46. The number of piperazine rings is 1. The van der Waals surface area contributed by atoms with Gasteiger partial charge in [-0.25, -0.2) is 4.39 Å². The molecular weight excluding hydrogens is 281 g/mol. The van der Waals surface area contributed by atoms with Gasteiger partial charge in [0, 0.05) is 42.8 Å². The molecule has 2 aromatic rings. The number of aromatic nitrogens is 1. The Labute approximate surface area is 129 Å². The smallest absolute Gasteiger partial charge is 0.254 e. The molecule has 1 aliphatic rings. The molecule has 0 unspecified atom stereocenters. The lowest BCUT2D eigenvalue weighted by Gasteiger charge is -2.38. The highest BCUT2D eigenvalue weighted by molar-refractivity contribution is 6.06. The van der Waals surface area contributed by atoms with Gasteiger partial charge in [0.25, 0.3) is 5.91 Å². The number of hydrogen-bond donors (Lipinski definition) is 0. The molecule has 1 amide bonds. The molecular formula is C17H20FN3O. The molecule has 3 rings (SSSR count). The maximum atomic E-state index is 13.4. The zero-order chi connectivity index (χ0) is 15.9. The normalized spacial score (nSPS) is 19.6. The van der Waals surface area contributed by atoms with Crippen LogP contribution in [0.3, 0.4) is 0 Å². The van der Waals surface area contributed by atoms with Crippen molar-refractivity contribution in [3.05, 3.63) is 41.3 Å². The summed E-state index contributed by atoms with van der Waals surface area (Å²) in [5, 5.41) is 0.711. The fourth-order valence-corrected chi connectivity index (χ4v) is 3.11. The molecule has 1 aliphatic heterocycles. The summed E-state index contributed by atoms with van der Waals surface area (Å²) in [6, 6.07) is 6.37. The van der Waals surface area contributed by atoms with E-state index in [2.05, 4.69) is 23.9 Å². The molecule has 2 heterocycles. The van der Waals surface area contributed by atoms with Gasteiger partial charge in [-0.05, 0) is 39.1 Å². The van der Waals surface area contributed by atoms with Crippen molar-refractivity contribution in [2.45, 2.75) is 19.9 Å². The second kappa shape index (κ2) is 5.65. The van der Waals surface area contributed by atoms with E-state index in [1.165, 1.54) is 12.1 Å². The maximum Gasteiger partial charge on any atom is 0.254 e. The van der Waals surface area contributed by atoms with Gasteiger partial charge >= 0.3 is 0 Å². The number of fused-ring (bicyclic) bond motifs is 1. The molecule has 1 aromatic carbocycles. The summed E-state index contributed by atoms with van der Waals surface area (Å²) < 4.78 is 13.4. The minimum atomic E-state index is -0.336. The molecule has 0 saturated carbocycles. The van der Waals surface area contributed by atoms with Gasteiger partial charge < -0.3 is 9.80 Å². The van der Waals surface area contributed by atoms with Gasteiger partial charge in [0.2, 0.25) is 0 Å². The molecule has 0 spiro atoms. The summed E-state index contributed by atoms with van der Waals surface area (Å²) in [5.41, 5.74) is 1.87. The van der Waals surface area contributed by atoms with Crippen LogP contribution >= 0.6 is 0 Å². The molecule has 0 N–H and O–H groups in total. The van der Waals surface area contributed by atoms with Gasteiger partial charge in [-0.1, -0.05) is 0 Å². The van der Waals surface area contributed by atoms with E-state index in [0.717, 1.165) is 18.8 Å². The zero-order valence-corrected chi connectivity index (χ0v) is 13.1. The summed E-state index contributed by atoms with van der Waals surface area (Å²) in [7, 11) is 2.06. The summed E-state index contributed by atoms with van der Waals surface area (Å²) in [6.45, 7) is 6.33. The van der Waals surface area contributed by atoms with E-state index in [4.69, 9.17) is 0 Å². The molecule has 1 atom stereocenters. The van der Waals surface area contributed by atoms with Crippen LogP contribution in [-0.2, 0) is 0 Å². The second-order valence-corrected chi connectivity index (χ2v) is 6.08. The minimum Gasteiger partial charge on any atom is -0.333 e. The predicted molar refractivity (Wildman–Crippen MR) is 84.4 cm³/mol. The zero-order valence-electron chi connectivity index (χ0n) is 13.1. The first kappa shape index (κ1) is 14.9. The summed E-state index contributed by atoms with van der Waals surface area (Å²) in [4.78, 5) is 21.4. The van der Waals surface area contributed by atoms with Crippen LogP contribution in [0.5, 0.6) is 0 Å². The van der Waals surface area contributed by atoms with E-state index in [1.54, 1.807) is 12.1 Å². The summed E-state index contributed by atoms with van der Waals surface area (Å²) in [6.07, 6.45) is 0. The number of carbonyl (C=O) groups is 1. The van der Waals surface area contributed by atoms with E-state index in [0.29, 0.717) is 23.0 Å². The van der Waals surface area contributed by atoms with Crippen molar-refractivity contribution in [1.29, 1.82) is 0 Å².